The van der Waals surface area contributed by atoms with Crippen LogP contribution in [0.15, 0.2) is 40.6 Å². The van der Waals surface area contributed by atoms with Crippen LogP contribution in [0.1, 0.15) is 11.3 Å². The number of aryl methyl sites for hydroxylation is 1. The fourth-order valence-electron chi connectivity index (χ4n) is 2.19. The fourth-order valence-corrected chi connectivity index (χ4v) is 2.93. The van der Waals surface area contributed by atoms with Crippen molar-refractivity contribution in [1.82, 2.24) is 9.38 Å². The van der Waals surface area contributed by atoms with Gasteiger partial charge in [-0.25, -0.2) is 9.78 Å². The largest absolute Gasteiger partial charge is 0.493 e. The summed E-state index contributed by atoms with van der Waals surface area (Å²) in [5, 5.41) is 1.77. The summed E-state index contributed by atoms with van der Waals surface area (Å²) in [7, 11) is 1.53. The second-order valence-corrected chi connectivity index (χ2v) is 6.12. The number of rotatable bonds is 6. The van der Waals surface area contributed by atoms with Crippen LogP contribution in [-0.2, 0) is 16.1 Å². The highest BCUT2D eigenvalue weighted by Gasteiger charge is 2.10. The van der Waals surface area contributed by atoms with Crippen molar-refractivity contribution in [1.29, 1.82) is 0 Å². The summed E-state index contributed by atoms with van der Waals surface area (Å²) >= 11 is 1.34. The third kappa shape index (κ3) is 3.97. The van der Waals surface area contributed by atoms with Crippen molar-refractivity contribution in [3.63, 3.8) is 0 Å². The normalized spacial score (nSPS) is 10.6. The lowest BCUT2D eigenvalue weighted by Crippen LogP contribution is -2.17. The predicted molar refractivity (Wildman–Crippen MR) is 92.4 cm³/mol. The standard InChI is InChI=1S/C17H16N2O5S/c1-11-3-4-13(14(7-11)22-2)23-10-16(21)24-9-12-8-15(20)19-5-6-25-17(19)18-12/h3-8H,9-10H2,1-2H3. The Hall–Kier alpha value is -2.87. The summed E-state index contributed by atoms with van der Waals surface area (Å²) in [6.07, 6.45) is 1.65. The lowest BCUT2D eigenvalue weighted by Gasteiger charge is -2.11. The maximum absolute atomic E-state index is 11.9. The Labute approximate surface area is 147 Å². The van der Waals surface area contributed by atoms with E-state index in [9.17, 15) is 9.59 Å². The van der Waals surface area contributed by atoms with Crippen LogP contribution >= 0.6 is 11.3 Å². The van der Waals surface area contributed by atoms with E-state index in [2.05, 4.69) is 4.98 Å². The third-order valence-corrected chi connectivity index (χ3v) is 4.16. The van der Waals surface area contributed by atoms with Gasteiger partial charge in [0.1, 0.15) is 6.61 Å². The van der Waals surface area contributed by atoms with E-state index < -0.39 is 5.97 Å². The van der Waals surface area contributed by atoms with E-state index in [0.717, 1.165) is 5.56 Å². The molecular formula is C17H16N2O5S. The fraction of sp³-hybridized carbons (Fsp3) is 0.235. The van der Waals surface area contributed by atoms with Crippen molar-refractivity contribution in [2.24, 2.45) is 0 Å². The highest BCUT2D eigenvalue weighted by Crippen LogP contribution is 2.27. The summed E-state index contributed by atoms with van der Waals surface area (Å²) in [6, 6.07) is 6.75. The van der Waals surface area contributed by atoms with Crippen LogP contribution in [-0.4, -0.2) is 29.1 Å². The van der Waals surface area contributed by atoms with Gasteiger partial charge in [0.15, 0.2) is 23.1 Å². The number of thiazole rings is 1. The SMILES string of the molecule is COc1cc(C)ccc1OCC(=O)OCc1cc(=O)n2ccsc2n1. The molecule has 0 fully saturated rings. The number of esters is 1. The average Bonchev–Trinajstić information content (AvgIpc) is 3.08. The van der Waals surface area contributed by atoms with Crippen molar-refractivity contribution in [3.8, 4) is 11.5 Å². The highest BCUT2D eigenvalue weighted by atomic mass is 32.1. The Morgan fingerprint density at radius 3 is 2.92 bits per heavy atom. The minimum atomic E-state index is -0.559. The van der Waals surface area contributed by atoms with E-state index in [1.807, 2.05) is 19.1 Å². The van der Waals surface area contributed by atoms with Crippen molar-refractivity contribution in [3.05, 3.63) is 57.5 Å². The average molecular weight is 360 g/mol. The van der Waals surface area contributed by atoms with Crippen LogP contribution in [0.2, 0.25) is 0 Å². The Morgan fingerprint density at radius 2 is 2.12 bits per heavy atom. The monoisotopic (exact) mass is 360 g/mol. The molecule has 3 rings (SSSR count). The molecule has 7 nitrogen and oxygen atoms in total. The second kappa shape index (κ2) is 7.35. The van der Waals surface area contributed by atoms with E-state index >= 15 is 0 Å². The van der Waals surface area contributed by atoms with Crippen LogP contribution in [0.4, 0.5) is 0 Å². The number of carbonyl (C=O) groups excluding carboxylic acids is 1. The number of fused-ring (bicyclic) bond motifs is 1. The van der Waals surface area contributed by atoms with Gasteiger partial charge in [-0.15, -0.1) is 11.3 Å². The molecule has 0 amide bonds. The molecule has 0 spiro atoms. The van der Waals surface area contributed by atoms with E-state index in [4.69, 9.17) is 14.2 Å². The molecule has 130 valence electrons. The zero-order chi connectivity index (χ0) is 17.8. The Morgan fingerprint density at radius 1 is 1.28 bits per heavy atom. The summed E-state index contributed by atoms with van der Waals surface area (Å²) in [4.78, 5) is 28.5. The van der Waals surface area contributed by atoms with Gasteiger partial charge in [0, 0.05) is 17.6 Å². The number of ether oxygens (including phenoxy) is 3. The molecule has 0 aliphatic heterocycles. The summed E-state index contributed by atoms with van der Waals surface area (Å²) in [5.41, 5.74) is 1.21. The first-order valence-electron chi connectivity index (χ1n) is 7.45. The summed E-state index contributed by atoms with van der Waals surface area (Å²) in [5.74, 6) is 0.447. The Bertz CT molecular complexity index is 963. The van der Waals surface area contributed by atoms with Crippen LogP contribution in [0, 0.1) is 6.92 Å². The summed E-state index contributed by atoms with van der Waals surface area (Å²) in [6.45, 7) is 1.58. The van der Waals surface area contributed by atoms with Gasteiger partial charge in [-0.3, -0.25) is 9.20 Å². The van der Waals surface area contributed by atoms with E-state index in [-0.39, 0.29) is 18.8 Å². The minimum Gasteiger partial charge on any atom is -0.493 e. The molecule has 0 saturated heterocycles. The van der Waals surface area contributed by atoms with E-state index in [1.165, 1.54) is 28.9 Å². The summed E-state index contributed by atoms with van der Waals surface area (Å²) < 4.78 is 17.2. The first-order valence-corrected chi connectivity index (χ1v) is 8.33. The molecule has 0 unspecified atom stereocenters. The van der Waals surface area contributed by atoms with Gasteiger partial charge in [0.25, 0.3) is 5.56 Å². The minimum absolute atomic E-state index is 0.0864. The molecule has 0 aliphatic rings. The highest BCUT2D eigenvalue weighted by molar-refractivity contribution is 7.15. The molecule has 1 aromatic carbocycles. The second-order valence-electron chi connectivity index (χ2n) is 5.24. The first kappa shape index (κ1) is 17.0. The van der Waals surface area contributed by atoms with Gasteiger partial charge in [0.2, 0.25) is 0 Å². The zero-order valence-corrected chi connectivity index (χ0v) is 14.5. The van der Waals surface area contributed by atoms with Crippen LogP contribution in [0.5, 0.6) is 11.5 Å². The Kier molecular flexibility index (Phi) is 4.99. The van der Waals surface area contributed by atoms with Crippen molar-refractivity contribution in [2.75, 3.05) is 13.7 Å². The number of hydrogen-bond donors (Lipinski definition) is 0. The van der Waals surface area contributed by atoms with Gasteiger partial charge in [-0.1, -0.05) is 6.07 Å². The molecule has 0 N–H and O–H groups in total. The lowest BCUT2D eigenvalue weighted by molar-refractivity contribution is -0.147. The van der Waals surface area contributed by atoms with Gasteiger partial charge in [-0.2, -0.15) is 0 Å². The van der Waals surface area contributed by atoms with Gasteiger partial charge < -0.3 is 14.2 Å². The van der Waals surface area contributed by atoms with Gasteiger partial charge >= 0.3 is 5.97 Å². The number of carbonyl (C=O) groups is 1. The molecule has 3 aromatic rings. The molecule has 2 aromatic heterocycles. The van der Waals surface area contributed by atoms with Crippen molar-refractivity contribution in [2.45, 2.75) is 13.5 Å². The molecule has 0 saturated carbocycles. The maximum atomic E-state index is 11.9. The van der Waals surface area contributed by atoms with Crippen LogP contribution < -0.4 is 15.0 Å². The lowest BCUT2D eigenvalue weighted by atomic mass is 10.2. The number of nitrogens with zero attached hydrogens (tertiary/aromatic N) is 2. The van der Waals surface area contributed by atoms with Crippen molar-refractivity contribution >= 4 is 22.3 Å². The molecular weight excluding hydrogens is 344 g/mol. The molecule has 0 atom stereocenters. The number of aromatic nitrogens is 2. The Balaban J connectivity index is 1.58. The molecule has 0 radical (unpaired) electrons. The topological polar surface area (TPSA) is 79.1 Å². The third-order valence-electron chi connectivity index (χ3n) is 3.40. The van der Waals surface area contributed by atoms with Crippen molar-refractivity contribution < 1.29 is 19.0 Å². The molecule has 8 heteroatoms. The van der Waals surface area contributed by atoms with Gasteiger partial charge in [0.05, 0.1) is 12.8 Å². The number of benzene rings is 1. The zero-order valence-electron chi connectivity index (χ0n) is 13.7. The van der Waals surface area contributed by atoms with Gasteiger partial charge in [-0.05, 0) is 24.6 Å². The quantitative estimate of drug-likeness (QED) is 0.627. The molecule has 2 heterocycles. The smallest absolute Gasteiger partial charge is 0.344 e. The predicted octanol–water partition coefficient (Wildman–Crippen LogP) is 2.20. The number of hydrogen-bond acceptors (Lipinski definition) is 7. The maximum Gasteiger partial charge on any atom is 0.344 e. The molecule has 0 bridgehead atoms. The van der Waals surface area contributed by atoms with E-state index in [1.54, 1.807) is 17.6 Å². The molecule has 25 heavy (non-hydrogen) atoms. The van der Waals surface area contributed by atoms with Crippen LogP contribution in [0.3, 0.4) is 0 Å². The van der Waals surface area contributed by atoms with Crippen LogP contribution in [0.25, 0.3) is 4.96 Å². The van der Waals surface area contributed by atoms with E-state index in [0.29, 0.717) is 22.2 Å². The first-order chi connectivity index (χ1) is 12.1. The number of methoxy groups -OCH3 is 1. The molecule has 0 aliphatic carbocycles.